The van der Waals surface area contributed by atoms with Crippen molar-refractivity contribution in [2.24, 2.45) is 5.92 Å². The molecule has 1 heterocycles. The summed E-state index contributed by atoms with van der Waals surface area (Å²) in [4.78, 5) is 13.8. The average molecular weight is 314 g/mol. The Morgan fingerprint density at radius 2 is 2.14 bits per heavy atom. The molecule has 0 amide bonds. The smallest absolute Gasteiger partial charge is 0.345 e. The van der Waals surface area contributed by atoms with Gasteiger partial charge < -0.3 is 14.6 Å². The molecule has 0 bridgehead atoms. The van der Waals surface area contributed by atoms with E-state index in [1.165, 1.54) is 0 Å². The van der Waals surface area contributed by atoms with Gasteiger partial charge in [-0.15, -0.1) is 0 Å². The molecule has 0 spiro atoms. The quantitative estimate of drug-likeness (QED) is 0.842. The molecule has 1 fully saturated rings. The van der Waals surface area contributed by atoms with Gasteiger partial charge in [0.1, 0.15) is 5.75 Å². The van der Waals surface area contributed by atoms with Crippen LogP contribution in [0.5, 0.6) is 5.75 Å². The Labute approximate surface area is 129 Å². The number of carbonyl (C=O) groups excluding carboxylic acids is 1. The van der Waals surface area contributed by atoms with Crippen LogP contribution in [0.3, 0.4) is 0 Å². The van der Waals surface area contributed by atoms with Gasteiger partial charge in [-0.1, -0.05) is 11.6 Å². The van der Waals surface area contributed by atoms with E-state index < -0.39 is 5.97 Å². The topological polar surface area (TPSA) is 59.0 Å². The summed E-state index contributed by atoms with van der Waals surface area (Å²) in [5, 5.41) is 9.97. The number of aliphatic hydroxyl groups excluding tert-OH is 1. The largest absolute Gasteiger partial charge is 0.482 e. The second-order valence-electron chi connectivity index (χ2n) is 5.19. The maximum Gasteiger partial charge on any atom is 0.345 e. The lowest BCUT2D eigenvalue weighted by molar-refractivity contribution is -0.171. The molecule has 1 aromatic rings. The number of nitrogens with zero attached hydrogens (tertiary/aromatic N) is 1. The SMILES string of the molecule is CN1CCCC(CO)C1OC(=O)COc1ccc(Cl)cc1. The molecule has 1 N–H and O–H groups in total. The Balaban J connectivity index is 1.84. The maximum absolute atomic E-state index is 11.9. The highest BCUT2D eigenvalue weighted by molar-refractivity contribution is 6.30. The summed E-state index contributed by atoms with van der Waals surface area (Å²) in [5.74, 6) is 0.0810. The van der Waals surface area contributed by atoms with Crippen molar-refractivity contribution in [1.29, 1.82) is 0 Å². The Morgan fingerprint density at radius 1 is 1.43 bits per heavy atom. The zero-order valence-corrected chi connectivity index (χ0v) is 12.8. The predicted molar refractivity (Wildman–Crippen MR) is 79.3 cm³/mol. The highest BCUT2D eigenvalue weighted by Gasteiger charge is 2.31. The molecule has 116 valence electrons. The van der Waals surface area contributed by atoms with E-state index in [0.717, 1.165) is 19.4 Å². The van der Waals surface area contributed by atoms with Crippen molar-refractivity contribution in [2.45, 2.75) is 19.1 Å². The minimum Gasteiger partial charge on any atom is -0.482 e. The van der Waals surface area contributed by atoms with Gasteiger partial charge in [0.05, 0.1) is 6.61 Å². The summed E-state index contributed by atoms with van der Waals surface area (Å²) in [6.07, 6.45) is 1.47. The number of rotatable bonds is 5. The molecule has 0 radical (unpaired) electrons. The molecule has 0 saturated carbocycles. The molecule has 21 heavy (non-hydrogen) atoms. The summed E-state index contributed by atoms with van der Waals surface area (Å²) < 4.78 is 10.8. The number of aliphatic hydroxyl groups is 1. The van der Waals surface area contributed by atoms with Gasteiger partial charge in [-0.25, -0.2) is 4.79 Å². The van der Waals surface area contributed by atoms with Crippen LogP contribution in [-0.4, -0.2) is 49.0 Å². The number of carbonyl (C=O) groups is 1. The van der Waals surface area contributed by atoms with E-state index in [-0.39, 0.29) is 25.4 Å². The van der Waals surface area contributed by atoms with Crippen molar-refractivity contribution in [3.8, 4) is 5.75 Å². The number of likely N-dealkylation sites (tertiary alicyclic amines) is 1. The van der Waals surface area contributed by atoms with Crippen molar-refractivity contribution in [2.75, 3.05) is 26.8 Å². The molecule has 1 aliphatic rings. The average Bonchev–Trinajstić information content (AvgIpc) is 2.49. The van der Waals surface area contributed by atoms with Crippen LogP contribution >= 0.6 is 11.6 Å². The van der Waals surface area contributed by atoms with E-state index in [1.807, 2.05) is 11.9 Å². The molecule has 1 aliphatic heterocycles. The number of ether oxygens (including phenoxy) is 2. The van der Waals surface area contributed by atoms with E-state index in [4.69, 9.17) is 21.1 Å². The minimum atomic E-state index is -0.442. The number of halogens is 1. The molecule has 6 heteroatoms. The zero-order chi connectivity index (χ0) is 15.2. The zero-order valence-electron chi connectivity index (χ0n) is 12.0. The first-order valence-corrected chi connectivity index (χ1v) is 7.37. The minimum absolute atomic E-state index is 0.0142. The monoisotopic (exact) mass is 313 g/mol. The Kier molecular flexibility index (Phi) is 5.85. The van der Waals surface area contributed by atoms with Crippen molar-refractivity contribution < 1.29 is 19.4 Å². The van der Waals surface area contributed by atoms with Crippen molar-refractivity contribution >= 4 is 17.6 Å². The first kappa shape index (κ1) is 16.1. The number of hydrogen-bond acceptors (Lipinski definition) is 5. The summed E-state index contributed by atoms with van der Waals surface area (Å²) >= 11 is 5.77. The summed E-state index contributed by atoms with van der Waals surface area (Å²) in [5.41, 5.74) is 0. The first-order valence-electron chi connectivity index (χ1n) is 6.99. The van der Waals surface area contributed by atoms with E-state index in [2.05, 4.69) is 0 Å². The summed E-state index contributed by atoms with van der Waals surface area (Å²) in [6.45, 7) is 0.705. The molecule has 1 saturated heterocycles. The number of hydrogen-bond donors (Lipinski definition) is 1. The summed E-state index contributed by atoms with van der Waals surface area (Å²) in [7, 11) is 1.89. The van der Waals surface area contributed by atoms with Crippen molar-refractivity contribution in [3.63, 3.8) is 0 Å². The van der Waals surface area contributed by atoms with Gasteiger partial charge in [-0.3, -0.25) is 4.90 Å². The van der Waals surface area contributed by atoms with Gasteiger partial charge in [-0.05, 0) is 44.2 Å². The van der Waals surface area contributed by atoms with E-state index in [0.29, 0.717) is 10.8 Å². The second-order valence-corrected chi connectivity index (χ2v) is 5.62. The molecule has 5 nitrogen and oxygen atoms in total. The van der Waals surface area contributed by atoms with Crippen molar-refractivity contribution in [3.05, 3.63) is 29.3 Å². The lowest BCUT2D eigenvalue weighted by Gasteiger charge is -2.37. The van der Waals surface area contributed by atoms with E-state index >= 15 is 0 Å². The molecule has 2 atom stereocenters. The fraction of sp³-hybridized carbons (Fsp3) is 0.533. The van der Waals surface area contributed by atoms with E-state index in [1.54, 1.807) is 24.3 Å². The molecule has 2 rings (SSSR count). The van der Waals surface area contributed by atoms with Crippen LogP contribution in [0, 0.1) is 5.92 Å². The van der Waals surface area contributed by atoms with Crippen LogP contribution in [0.4, 0.5) is 0 Å². The van der Waals surface area contributed by atoms with Crippen LogP contribution in [0.25, 0.3) is 0 Å². The van der Waals surface area contributed by atoms with Crippen LogP contribution in [0.1, 0.15) is 12.8 Å². The Morgan fingerprint density at radius 3 is 2.81 bits per heavy atom. The fourth-order valence-electron chi connectivity index (χ4n) is 2.44. The molecule has 2 unspecified atom stereocenters. The maximum atomic E-state index is 11.9. The van der Waals surface area contributed by atoms with Gasteiger partial charge in [0, 0.05) is 17.5 Å². The molecular weight excluding hydrogens is 294 g/mol. The Bertz CT molecular complexity index is 465. The summed E-state index contributed by atoms with van der Waals surface area (Å²) in [6, 6.07) is 6.77. The van der Waals surface area contributed by atoms with E-state index in [9.17, 15) is 9.90 Å². The fourth-order valence-corrected chi connectivity index (χ4v) is 2.57. The van der Waals surface area contributed by atoms with Gasteiger partial charge in [-0.2, -0.15) is 0 Å². The highest BCUT2D eigenvalue weighted by atomic mass is 35.5. The molecular formula is C15H20ClNO4. The molecule has 0 aromatic heterocycles. The lowest BCUT2D eigenvalue weighted by atomic mass is 9.97. The van der Waals surface area contributed by atoms with Crippen molar-refractivity contribution in [1.82, 2.24) is 4.90 Å². The third-order valence-electron chi connectivity index (χ3n) is 3.58. The first-order chi connectivity index (χ1) is 10.1. The van der Waals surface area contributed by atoms with Crippen LogP contribution < -0.4 is 4.74 Å². The van der Waals surface area contributed by atoms with Crippen LogP contribution in [-0.2, 0) is 9.53 Å². The van der Waals surface area contributed by atoms with Gasteiger partial charge in [0.25, 0.3) is 0 Å². The third kappa shape index (κ3) is 4.59. The number of benzene rings is 1. The normalized spacial score (nSPS) is 22.8. The highest BCUT2D eigenvalue weighted by Crippen LogP contribution is 2.23. The lowest BCUT2D eigenvalue weighted by Crippen LogP contribution is -2.47. The van der Waals surface area contributed by atoms with Crippen LogP contribution in [0.2, 0.25) is 5.02 Å². The number of esters is 1. The predicted octanol–water partition coefficient (Wildman–Crippen LogP) is 1.92. The molecule has 1 aromatic carbocycles. The second kappa shape index (κ2) is 7.64. The van der Waals surface area contributed by atoms with Gasteiger partial charge in [0.15, 0.2) is 12.8 Å². The van der Waals surface area contributed by atoms with Gasteiger partial charge in [0.2, 0.25) is 0 Å². The number of piperidine rings is 1. The van der Waals surface area contributed by atoms with Crippen LogP contribution in [0.15, 0.2) is 24.3 Å². The molecule has 0 aliphatic carbocycles. The third-order valence-corrected chi connectivity index (χ3v) is 3.83. The van der Waals surface area contributed by atoms with Gasteiger partial charge >= 0.3 is 5.97 Å². The Hall–Kier alpha value is -1.30. The standard InChI is InChI=1S/C15H20ClNO4/c1-17-8-2-3-11(9-18)15(17)21-14(19)10-20-13-6-4-12(16)5-7-13/h4-7,11,15,18H,2-3,8-10H2,1H3.